The fourth-order valence-corrected chi connectivity index (χ4v) is 2.11. The largest absolute Gasteiger partial charge is 0.462 e. The number of rotatable bonds is 4. The maximum Gasteiger partial charge on any atom is 0.338 e. The molecule has 2 N–H and O–H groups in total. The summed E-state index contributed by atoms with van der Waals surface area (Å²) in [5.74, 6) is 0.505. The molecule has 1 aliphatic carbocycles. The van der Waals surface area contributed by atoms with E-state index >= 15 is 0 Å². The van der Waals surface area contributed by atoms with Gasteiger partial charge in [0.25, 0.3) is 0 Å². The highest BCUT2D eigenvalue weighted by Crippen LogP contribution is 2.29. The fourth-order valence-electron chi connectivity index (χ4n) is 2.11. The molecule has 1 aromatic carbocycles. The molecule has 0 saturated heterocycles. The van der Waals surface area contributed by atoms with Gasteiger partial charge in [0.15, 0.2) is 0 Å². The molecule has 92 valence electrons. The number of hydrogen-bond acceptors (Lipinski definition) is 3. The van der Waals surface area contributed by atoms with Crippen LogP contribution in [0.3, 0.4) is 0 Å². The van der Waals surface area contributed by atoms with Gasteiger partial charge in [0.2, 0.25) is 0 Å². The van der Waals surface area contributed by atoms with E-state index in [1.54, 1.807) is 6.07 Å². The third-order valence-corrected chi connectivity index (χ3v) is 3.32. The summed E-state index contributed by atoms with van der Waals surface area (Å²) >= 11 is 0. The van der Waals surface area contributed by atoms with Gasteiger partial charge in [-0.2, -0.15) is 0 Å². The number of nitrogens with two attached hydrogens (primary N) is 1. The SMILES string of the molecule is Cc1cc(N)cc(C(=O)OCCC2CCC2)c1. The highest BCUT2D eigenvalue weighted by molar-refractivity contribution is 5.90. The van der Waals surface area contributed by atoms with E-state index in [4.69, 9.17) is 10.5 Å². The molecule has 1 aromatic rings. The predicted molar refractivity (Wildman–Crippen MR) is 67.8 cm³/mol. The molecule has 0 atom stereocenters. The first kappa shape index (κ1) is 12.0. The van der Waals surface area contributed by atoms with Gasteiger partial charge in [-0.1, -0.05) is 19.3 Å². The van der Waals surface area contributed by atoms with Crippen molar-refractivity contribution >= 4 is 11.7 Å². The zero-order chi connectivity index (χ0) is 12.3. The lowest BCUT2D eigenvalue weighted by molar-refractivity contribution is 0.0464. The van der Waals surface area contributed by atoms with Crippen LogP contribution in [0.1, 0.15) is 41.6 Å². The Morgan fingerprint density at radius 3 is 2.76 bits per heavy atom. The first-order valence-electron chi connectivity index (χ1n) is 6.19. The number of aryl methyl sites for hydroxylation is 1. The van der Waals surface area contributed by atoms with Crippen molar-refractivity contribution in [3.8, 4) is 0 Å². The maximum atomic E-state index is 11.8. The second-order valence-electron chi connectivity index (χ2n) is 4.85. The Morgan fingerprint density at radius 2 is 2.18 bits per heavy atom. The number of hydrogen-bond donors (Lipinski definition) is 1. The molecule has 17 heavy (non-hydrogen) atoms. The Balaban J connectivity index is 1.85. The van der Waals surface area contributed by atoms with Crippen LogP contribution >= 0.6 is 0 Å². The van der Waals surface area contributed by atoms with Crippen molar-refractivity contribution in [3.63, 3.8) is 0 Å². The molecule has 0 heterocycles. The highest BCUT2D eigenvalue weighted by Gasteiger charge is 2.17. The Morgan fingerprint density at radius 1 is 1.41 bits per heavy atom. The van der Waals surface area contributed by atoms with Crippen LogP contribution in [0.4, 0.5) is 5.69 Å². The molecule has 1 aliphatic rings. The van der Waals surface area contributed by atoms with Crippen molar-refractivity contribution in [1.29, 1.82) is 0 Å². The zero-order valence-electron chi connectivity index (χ0n) is 10.2. The number of esters is 1. The van der Waals surface area contributed by atoms with Crippen LogP contribution in [-0.4, -0.2) is 12.6 Å². The van der Waals surface area contributed by atoms with Crippen molar-refractivity contribution in [2.75, 3.05) is 12.3 Å². The zero-order valence-corrected chi connectivity index (χ0v) is 10.2. The van der Waals surface area contributed by atoms with E-state index < -0.39 is 0 Å². The molecule has 2 rings (SSSR count). The minimum absolute atomic E-state index is 0.264. The molecule has 3 nitrogen and oxygen atoms in total. The van der Waals surface area contributed by atoms with Crippen molar-refractivity contribution in [2.45, 2.75) is 32.6 Å². The quantitative estimate of drug-likeness (QED) is 0.642. The van der Waals surface area contributed by atoms with Crippen LogP contribution in [0.2, 0.25) is 0 Å². The van der Waals surface area contributed by atoms with Crippen molar-refractivity contribution in [1.82, 2.24) is 0 Å². The van der Waals surface area contributed by atoms with Crippen molar-refractivity contribution < 1.29 is 9.53 Å². The predicted octanol–water partition coefficient (Wildman–Crippen LogP) is 2.92. The number of ether oxygens (including phenoxy) is 1. The van der Waals surface area contributed by atoms with Crippen molar-refractivity contribution in [3.05, 3.63) is 29.3 Å². The second kappa shape index (κ2) is 5.21. The van der Waals surface area contributed by atoms with Gasteiger partial charge in [-0.25, -0.2) is 4.79 Å². The number of carbonyl (C=O) groups excluding carboxylic acids is 1. The van der Waals surface area contributed by atoms with E-state index in [2.05, 4.69) is 0 Å². The molecule has 0 unspecified atom stereocenters. The Hall–Kier alpha value is -1.51. The highest BCUT2D eigenvalue weighted by atomic mass is 16.5. The van der Waals surface area contributed by atoms with E-state index in [1.807, 2.05) is 19.1 Å². The average molecular weight is 233 g/mol. The molecule has 1 saturated carbocycles. The van der Waals surface area contributed by atoms with Gasteiger partial charge in [0.05, 0.1) is 12.2 Å². The Bertz CT molecular complexity index is 390. The molecule has 0 amide bonds. The minimum Gasteiger partial charge on any atom is -0.462 e. The molecular formula is C14H19NO2. The van der Waals surface area contributed by atoms with E-state index in [9.17, 15) is 4.79 Å². The molecule has 0 bridgehead atoms. The molecule has 0 aromatic heterocycles. The minimum atomic E-state index is -0.264. The maximum absolute atomic E-state index is 11.8. The smallest absolute Gasteiger partial charge is 0.338 e. The fraction of sp³-hybridized carbons (Fsp3) is 0.500. The van der Waals surface area contributed by atoms with Crippen LogP contribution in [0.15, 0.2) is 18.2 Å². The third kappa shape index (κ3) is 3.22. The van der Waals surface area contributed by atoms with E-state index in [-0.39, 0.29) is 5.97 Å². The Kier molecular flexibility index (Phi) is 3.67. The van der Waals surface area contributed by atoms with Crippen molar-refractivity contribution in [2.24, 2.45) is 5.92 Å². The summed E-state index contributed by atoms with van der Waals surface area (Å²) in [6, 6.07) is 5.31. The summed E-state index contributed by atoms with van der Waals surface area (Å²) in [7, 11) is 0. The summed E-state index contributed by atoms with van der Waals surface area (Å²) in [5, 5.41) is 0. The van der Waals surface area contributed by atoms with Gasteiger partial charge in [-0.3, -0.25) is 0 Å². The topological polar surface area (TPSA) is 52.3 Å². The average Bonchev–Trinajstić information content (AvgIpc) is 2.20. The molecule has 0 spiro atoms. The Labute approximate surface area is 102 Å². The van der Waals surface area contributed by atoms with Gasteiger partial charge in [0.1, 0.15) is 0 Å². The second-order valence-corrected chi connectivity index (χ2v) is 4.85. The summed E-state index contributed by atoms with van der Waals surface area (Å²) < 4.78 is 5.25. The normalized spacial score (nSPS) is 15.4. The monoisotopic (exact) mass is 233 g/mol. The molecule has 0 radical (unpaired) electrons. The summed E-state index contributed by atoms with van der Waals surface area (Å²) in [4.78, 5) is 11.8. The number of benzene rings is 1. The lowest BCUT2D eigenvalue weighted by Gasteiger charge is -2.24. The number of nitrogen functional groups attached to an aromatic ring is 1. The van der Waals surface area contributed by atoms with Crippen LogP contribution in [0.25, 0.3) is 0 Å². The third-order valence-electron chi connectivity index (χ3n) is 3.32. The van der Waals surface area contributed by atoms with Gasteiger partial charge < -0.3 is 10.5 Å². The van der Waals surface area contributed by atoms with E-state index in [0.29, 0.717) is 17.9 Å². The standard InChI is InChI=1S/C14H19NO2/c1-10-7-12(9-13(15)8-10)14(16)17-6-5-11-3-2-4-11/h7-9,11H,2-6,15H2,1H3. The summed E-state index contributed by atoms with van der Waals surface area (Å²) in [6.45, 7) is 2.44. The van der Waals surface area contributed by atoms with Crippen LogP contribution < -0.4 is 5.73 Å². The number of carbonyl (C=O) groups is 1. The van der Waals surface area contributed by atoms with E-state index in [1.165, 1.54) is 19.3 Å². The molecular weight excluding hydrogens is 214 g/mol. The summed E-state index contributed by atoms with van der Waals surface area (Å²) in [6.07, 6.45) is 4.89. The molecule has 0 aliphatic heterocycles. The molecule has 3 heteroatoms. The number of anilines is 1. The lowest BCUT2D eigenvalue weighted by Crippen LogP contribution is -2.15. The van der Waals surface area contributed by atoms with Gasteiger partial charge in [0, 0.05) is 5.69 Å². The van der Waals surface area contributed by atoms with E-state index in [0.717, 1.165) is 17.9 Å². The summed E-state index contributed by atoms with van der Waals surface area (Å²) in [5.41, 5.74) is 7.84. The van der Waals surface area contributed by atoms with Gasteiger partial charge >= 0.3 is 5.97 Å². The lowest BCUT2D eigenvalue weighted by atomic mass is 9.83. The van der Waals surface area contributed by atoms with Gasteiger partial charge in [-0.05, 0) is 43.0 Å². The first-order chi connectivity index (χ1) is 8.15. The first-order valence-corrected chi connectivity index (χ1v) is 6.19. The van der Waals surface area contributed by atoms with Crippen LogP contribution in [-0.2, 0) is 4.74 Å². The van der Waals surface area contributed by atoms with Crippen LogP contribution in [0, 0.1) is 12.8 Å². The molecule has 1 fully saturated rings. The van der Waals surface area contributed by atoms with Crippen LogP contribution in [0.5, 0.6) is 0 Å². The van der Waals surface area contributed by atoms with Gasteiger partial charge in [-0.15, -0.1) is 0 Å².